The van der Waals surface area contributed by atoms with E-state index in [0.717, 1.165) is 25.0 Å². The monoisotopic (exact) mass is 382 g/mol. The molecule has 0 saturated carbocycles. The molecule has 28 heavy (non-hydrogen) atoms. The van der Waals surface area contributed by atoms with Gasteiger partial charge in [0.05, 0.1) is 12.1 Å². The molecule has 0 radical (unpaired) electrons. The van der Waals surface area contributed by atoms with Crippen LogP contribution in [-0.4, -0.2) is 31.3 Å². The fourth-order valence-corrected chi connectivity index (χ4v) is 3.01. The number of carbonyl (C=O) groups is 2. The minimum absolute atomic E-state index is 0.102. The second-order valence-electron chi connectivity index (χ2n) is 6.78. The van der Waals surface area contributed by atoms with Crippen LogP contribution in [-0.2, 0) is 4.74 Å². The molecule has 1 fully saturated rings. The van der Waals surface area contributed by atoms with E-state index >= 15 is 0 Å². The number of nitrogens with one attached hydrogen (secondary N) is 4. The summed E-state index contributed by atoms with van der Waals surface area (Å²) in [5.74, 6) is 0. The Kier molecular flexibility index (Phi) is 6.86. The normalized spacial score (nSPS) is 16.8. The molecule has 1 aliphatic rings. The van der Waals surface area contributed by atoms with Crippen LogP contribution in [0.4, 0.5) is 21.0 Å². The molecule has 0 spiro atoms. The highest BCUT2D eigenvalue weighted by Crippen LogP contribution is 2.15. The van der Waals surface area contributed by atoms with Gasteiger partial charge in [0.2, 0.25) is 0 Å². The molecular weight excluding hydrogens is 356 g/mol. The first-order valence-electron chi connectivity index (χ1n) is 9.49. The van der Waals surface area contributed by atoms with Crippen molar-refractivity contribution in [2.75, 3.05) is 23.8 Å². The van der Waals surface area contributed by atoms with E-state index in [-0.39, 0.29) is 24.2 Å². The number of benzene rings is 2. The molecule has 2 atom stereocenters. The van der Waals surface area contributed by atoms with Crippen molar-refractivity contribution in [2.24, 2.45) is 0 Å². The molecule has 1 heterocycles. The molecule has 7 heteroatoms. The summed E-state index contributed by atoms with van der Waals surface area (Å²) in [6, 6.07) is 16.0. The fourth-order valence-electron chi connectivity index (χ4n) is 3.01. The van der Waals surface area contributed by atoms with Crippen LogP contribution in [0.3, 0.4) is 0 Å². The standard InChI is InChI=1S/C21H26N4O3/c1-15(16-6-3-2-4-7-16)23-21(27)25-18-11-9-17(10-12-18)24-20(26)22-14-19-8-5-13-28-19/h2-4,6-7,9-12,15,19H,5,8,13-14H2,1H3,(H2,22,24,26)(H2,23,25,27). The summed E-state index contributed by atoms with van der Waals surface area (Å²) >= 11 is 0. The first-order valence-corrected chi connectivity index (χ1v) is 9.49. The Morgan fingerprint density at radius 3 is 2.25 bits per heavy atom. The minimum Gasteiger partial charge on any atom is -0.376 e. The summed E-state index contributed by atoms with van der Waals surface area (Å²) in [4.78, 5) is 24.1. The fraction of sp³-hybridized carbons (Fsp3) is 0.333. The van der Waals surface area contributed by atoms with Gasteiger partial charge >= 0.3 is 12.1 Å². The number of anilines is 2. The molecule has 4 amide bonds. The lowest BCUT2D eigenvalue weighted by atomic mass is 10.1. The van der Waals surface area contributed by atoms with E-state index in [0.29, 0.717) is 17.9 Å². The lowest BCUT2D eigenvalue weighted by Crippen LogP contribution is -2.35. The van der Waals surface area contributed by atoms with Gasteiger partial charge in [-0.15, -0.1) is 0 Å². The Bertz CT molecular complexity index is 774. The second kappa shape index (κ2) is 9.75. The molecule has 4 N–H and O–H groups in total. The van der Waals surface area contributed by atoms with Crippen LogP contribution < -0.4 is 21.3 Å². The van der Waals surface area contributed by atoms with E-state index in [4.69, 9.17) is 4.74 Å². The molecule has 2 unspecified atom stereocenters. The third-order valence-corrected chi connectivity index (χ3v) is 4.56. The molecule has 148 valence electrons. The van der Waals surface area contributed by atoms with Gasteiger partial charge < -0.3 is 26.0 Å². The molecule has 3 rings (SSSR count). The Balaban J connectivity index is 1.43. The maximum absolute atomic E-state index is 12.2. The Labute approximate surface area is 164 Å². The highest BCUT2D eigenvalue weighted by atomic mass is 16.5. The van der Waals surface area contributed by atoms with Crippen LogP contribution in [0, 0.1) is 0 Å². The summed E-state index contributed by atoms with van der Waals surface area (Å²) in [5, 5.41) is 11.3. The van der Waals surface area contributed by atoms with Gasteiger partial charge in [-0.05, 0) is 49.6 Å². The zero-order valence-corrected chi connectivity index (χ0v) is 15.9. The quantitative estimate of drug-likeness (QED) is 0.611. The molecule has 0 aliphatic carbocycles. The lowest BCUT2D eigenvalue weighted by Gasteiger charge is -2.15. The van der Waals surface area contributed by atoms with E-state index in [2.05, 4.69) is 21.3 Å². The van der Waals surface area contributed by atoms with Gasteiger partial charge in [0.25, 0.3) is 0 Å². The van der Waals surface area contributed by atoms with Gasteiger partial charge in [0, 0.05) is 24.5 Å². The third kappa shape index (κ3) is 5.99. The first kappa shape index (κ1) is 19.7. The van der Waals surface area contributed by atoms with Crippen molar-refractivity contribution in [3.63, 3.8) is 0 Å². The summed E-state index contributed by atoms with van der Waals surface area (Å²) in [6.45, 7) is 3.20. The van der Waals surface area contributed by atoms with Crippen LogP contribution in [0.2, 0.25) is 0 Å². The number of hydrogen-bond acceptors (Lipinski definition) is 3. The average Bonchev–Trinajstić information content (AvgIpc) is 3.22. The summed E-state index contributed by atoms with van der Waals surface area (Å²) in [7, 11) is 0. The van der Waals surface area contributed by atoms with Crippen molar-refractivity contribution in [1.29, 1.82) is 0 Å². The average molecular weight is 382 g/mol. The van der Waals surface area contributed by atoms with Gasteiger partial charge in [-0.2, -0.15) is 0 Å². The van der Waals surface area contributed by atoms with Gasteiger partial charge in [0.15, 0.2) is 0 Å². The number of hydrogen-bond donors (Lipinski definition) is 4. The number of ether oxygens (including phenoxy) is 1. The van der Waals surface area contributed by atoms with E-state index in [1.807, 2.05) is 37.3 Å². The molecule has 2 aromatic rings. The van der Waals surface area contributed by atoms with Crippen molar-refractivity contribution in [2.45, 2.75) is 31.9 Å². The Hall–Kier alpha value is -3.06. The Morgan fingerprint density at radius 1 is 1.00 bits per heavy atom. The van der Waals surface area contributed by atoms with Crippen molar-refractivity contribution >= 4 is 23.4 Å². The topological polar surface area (TPSA) is 91.5 Å². The molecule has 0 bridgehead atoms. The second-order valence-corrected chi connectivity index (χ2v) is 6.78. The van der Waals surface area contributed by atoms with E-state index in [1.165, 1.54) is 0 Å². The summed E-state index contributed by atoms with van der Waals surface area (Å²) < 4.78 is 5.47. The van der Waals surface area contributed by atoms with Crippen LogP contribution in [0.15, 0.2) is 54.6 Å². The maximum atomic E-state index is 12.2. The van der Waals surface area contributed by atoms with Crippen LogP contribution in [0.1, 0.15) is 31.4 Å². The summed E-state index contributed by atoms with van der Waals surface area (Å²) in [5.41, 5.74) is 2.32. The zero-order valence-electron chi connectivity index (χ0n) is 15.9. The van der Waals surface area contributed by atoms with Gasteiger partial charge in [0.1, 0.15) is 0 Å². The minimum atomic E-state index is -0.286. The molecule has 1 aliphatic heterocycles. The van der Waals surface area contributed by atoms with Gasteiger partial charge in [-0.1, -0.05) is 30.3 Å². The maximum Gasteiger partial charge on any atom is 0.319 e. The number of urea groups is 2. The SMILES string of the molecule is CC(NC(=O)Nc1ccc(NC(=O)NCC2CCCO2)cc1)c1ccccc1. The predicted molar refractivity (Wildman–Crippen MR) is 109 cm³/mol. The van der Waals surface area contributed by atoms with Crippen LogP contribution >= 0.6 is 0 Å². The predicted octanol–water partition coefficient (Wildman–Crippen LogP) is 3.87. The summed E-state index contributed by atoms with van der Waals surface area (Å²) in [6.07, 6.45) is 2.13. The van der Waals surface area contributed by atoms with Crippen molar-refractivity contribution < 1.29 is 14.3 Å². The highest BCUT2D eigenvalue weighted by Gasteiger charge is 2.16. The number of amides is 4. The van der Waals surface area contributed by atoms with E-state index < -0.39 is 0 Å². The zero-order chi connectivity index (χ0) is 19.8. The van der Waals surface area contributed by atoms with Gasteiger partial charge in [-0.25, -0.2) is 9.59 Å². The number of carbonyl (C=O) groups excluding carboxylic acids is 2. The largest absolute Gasteiger partial charge is 0.376 e. The third-order valence-electron chi connectivity index (χ3n) is 4.56. The molecule has 0 aromatic heterocycles. The van der Waals surface area contributed by atoms with Gasteiger partial charge in [-0.3, -0.25) is 0 Å². The van der Waals surface area contributed by atoms with Crippen molar-refractivity contribution in [3.8, 4) is 0 Å². The Morgan fingerprint density at radius 2 is 1.64 bits per heavy atom. The van der Waals surface area contributed by atoms with Crippen LogP contribution in [0.25, 0.3) is 0 Å². The first-order chi connectivity index (χ1) is 13.6. The van der Waals surface area contributed by atoms with E-state index in [1.54, 1.807) is 24.3 Å². The lowest BCUT2D eigenvalue weighted by molar-refractivity contribution is 0.112. The molecular formula is C21H26N4O3. The number of rotatable bonds is 6. The van der Waals surface area contributed by atoms with Crippen molar-refractivity contribution in [3.05, 3.63) is 60.2 Å². The molecule has 1 saturated heterocycles. The van der Waals surface area contributed by atoms with Crippen LogP contribution in [0.5, 0.6) is 0 Å². The molecule has 7 nitrogen and oxygen atoms in total. The smallest absolute Gasteiger partial charge is 0.319 e. The molecule has 2 aromatic carbocycles. The van der Waals surface area contributed by atoms with Crippen molar-refractivity contribution in [1.82, 2.24) is 10.6 Å². The van der Waals surface area contributed by atoms with E-state index in [9.17, 15) is 9.59 Å². The highest BCUT2D eigenvalue weighted by molar-refractivity contribution is 5.91.